The monoisotopic (exact) mass is 337 g/mol. The number of anilines is 1. The van der Waals surface area contributed by atoms with Crippen LogP contribution in [0.5, 0.6) is 0 Å². The third-order valence-electron chi connectivity index (χ3n) is 4.52. The Hall–Kier alpha value is -2.87. The predicted molar refractivity (Wildman–Crippen MR) is 96.1 cm³/mol. The molecule has 0 unspecified atom stereocenters. The van der Waals surface area contributed by atoms with Gasteiger partial charge in [0.25, 0.3) is 0 Å². The SMILES string of the molecule is [C-]#[N+]c1ccc(N2CCN(Cc3ccc(CC)cc3)C(=O)C2)c(F)c1. The number of carbonyl (C=O) groups excluding carboxylic acids is 1. The molecule has 0 saturated carbocycles. The summed E-state index contributed by atoms with van der Waals surface area (Å²) in [4.78, 5) is 19.2. The zero-order valence-corrected chi connectivity index (χ0v) is 14.2. The van der Waals surface area contributed by atoms with Gasteiger partial charge in [-0.2, -0.15) is 0 Å². The number of benzene rings is 2. The minimum atomic E-state index is -0.454. The molecule has 2 aromatic carbocycles. The van der Waals surface area contributed by atoms with Crippen molar-refractivity contribution in [1.82, 2.24) is 4.90 Å². The van der Waals surface area contributed by atoms with E-state index in [-0.39, 0.29) is 18.1 Å². The van der Waals surface area contributed by atoms with Crippen LogP contribution in [0.1, 0.15) is 18.1 Å². The zero-order chi connectivity index (χ0) is 17.8. The lowest BCUT2D eigenvalue weighted by atomic mass is 10.1. The van der Waals surface area contributed by atoms with Crippen LogP contribution in [0.4, 0.5) is 15.8 Å². The molecular weight excluding hydrogens is 317 g/mol. The lowest BCUT2D eigenvalue weighted by Crippen LogP contribution is -2.50. The molecule has 0 N–H and O–H groups in total. The predicted octanol–water partition coefficient (Wildman–Crippen LogP) is 3.79. The van der Waals surface area contributed by atoms with Gasteiger partial charge >= 0.3 is 0 Å². The summed E-state index contributed by atoms with van der Waals surface area (Å²) in [5, 5.41) is 0. The van der Waals surface area contributed by atoms with E-state index in [0.29, 0.717) is 25.3 Å². The third kappa shape index (κ3) is 3.80. The molecule has 3 rings (SSSR count). The first-order valence-corrected chi connectivity index (χ1v) is 8.38. The molecule has 1 fully saturated rings. The molecule has 0 spiro atoms. The molecule has 1 aliphatic rings. The summed E-state index contributed by atoms with van der Waals surface area (Å²) in [6, 6.07) is 12.7. The van der Waals surface area contributed by atoms with Crippen molar-refractivity contribution in [3.63, 3.8) is 0 Å². The Kier molecular flexibility index (Phi) is 4.99. The van der Waals surface area contributed by atoms with Gasteiger partial charge in [-0.15, -0.1) is 0 Å². The highest BCUT2D eigenvalue weighted by Gasteiger charge is 2.25. The molecule has 128 valence electrons. The van der Waals surface area contributed by atoms with Crippen LogP contribution in [0.15, 0.2) is 42.5 Å². The van der Waals surface area contributed by atoms with Gasteiger partial charge in [-0.1, -0.05) is 37.3 Å². The van der Waals surface area contributed by atoms with Crippen LogP contribution in [0.2, 0.25) is 0 Å². The van der Waals surface area contributed by atoms with Crippen molar-refractivity contribution in [2.45, 2.75) is 19.9 Å². The Labute approximate surface area is 147 Å². The van der Waals surface area contributed by atoms with E-state index in [1.807, 2.05) is 4.90 Å². The van der Waals surface area contributed by atoms with E-state index in [2.05, 4.69) is 36.0 Å². The van der Waals surface area contributed by atoms with Gasteiger partial charge in [0, 0.05) is 19.6 Å². The fraction of sp³-hybridized carbons (Fsp3) is 0.300. The first-order chi connectivity index (χ1) is 12.1. The van der Waals surface area contributed by atoms with Crippen LogP contribution >= 0.6 is 0 Å². The summed E-state index contributed by atoms with van der Waals surface area (Å²) in [5.41, 5.74) is 3.03. The highest BCUT2D eigenvalue weighted by atomic mass is 19.1. The van der Waals surface area contributed by atoms with E-state index in [4.69, 9.17) is 6.57 Å². The molecule has 5 heteroatoms. The normalized spacial score (nSPS) is 14.5. The van der Waals surface area contributed by atoms with E-state index in [1.54, 1.807) is 17.0 Å². The minimum Gasteiger partial charge on any atom is -0.358 e. The molecule has 0 atom stereocenters. The van der Waals surface area contributed by atoms with E-state index >= 15 is 0 Å². The van der Waals surface area contributed by atoms with E-state index in [0.717, 1.165) is 12.0 Å². The number of piperazine rings is 1. The van der Waals surface area contributed by atoms with Gasteiger partial charge < -0.3 is 9.80 Å². The maximum absolute atomic E-state index is 14.2. The maximum atomic E-state index is 14.2. The Morgan fingerprint density at radius 1 is 1.12 bits per heavy atom. The Bertz CT molecular complexity index is 811. The van der Waals surface area contributed by atoms with Crippen molar-refractivity contribution in [2.24, 2.45) is 0 Å². The number of aryl methyl sites for hydroxylation is 1. The van der Waals surface area contributed by atoms with Crippen molar-refractivity contribution in [1.29, 1.82) is 0 Å². The molecule has 4 nitrogen and oxygen atoms in total. The summed E-state index contributed by atoms with van der Waals surface area (Å²) >= 11 is 0. The summed E-state index contributed by atoms with van der Waals surface area (Å²) < 4.78 is 14.2. The van der Waals surface area contributed by atoms with Gasteiger partial charge in [0.15, 0.2) is 5.69 Å². The van der Waals surface area contributed by atoms with Gasteiger partial charge in [-0.25, -0.2) is 9.24 Å². The van der Waals surface area contributed by atoms with Gasteiger partial charge in [0.2, 0.25) is 5.91 Å². The first kappa shape index (κ1) is 17.0. The van der Waals surface area contributed by atoms with Crippen LogP contribution in [0, 0.1) is 12.4 Å². The summed E-state index contributed by atoms with van der Waals surface area (Å²) in [7, 11) is 0. The van der Waals surface area contributed by atoms with Crippen LogP contribution in [-0.4, -0.2) is 30.4 Å². The van der Waals surface area contributed by atoms with Gasteiger partial charge in [-0.05, 0) is 29.7 Å². The molecule has 0 bridgehead atoms. The van der Waals surface area contributed by atoms with E-state index in [9.17, 15) is 9.18 Å². The molecule has 0 aliphatic carbocycles. The Morgan fingerprint density at radius 3 is 2.44 bits per heavy atom. The number of rotatable bonds is 4. The molecule has 1 saturated heterocycles. The molecular formula is C20H20FN3O. The third-order valence-corrected chi connectivity index (χ3v) is 4.52. The van der Waals surface area contributed by atoms with Crippen molar-refractivity contribution >= 4 is 17.3 Å². The highest BCUT2D eigenvalue weighted by Crippen LogP contribution is 2.26. The summed E-state index contributed by atoms with van der Waals surface area (Å²) in [6.07, 6.45) is 0.996. The number of carbonyl (C=O) groups is 1. The molecule has 2 aromatic rings. The van der Waals surface area contributed by atoms with Crippen LogP contribution in [-0.2, 0) is 17.8 Å². The molecule has 25 heavy (non-hydrogen) atoms. The second kappa shape index (κ2) is 7.35. The van der Waals surface area contributed by atoms with Crippen molar-refractivity contribution in [2.75, 3.05) is 24.5 Å². The quantitative estimate of drug-likeness (QED) is 0.794. The topological polar surface area (TPSA) is 27.9 Å². The summed E-state index contributed by atoms with van der Waals surface area (Å²) in [5.74, 6) is -0.468. The molecule has 1 aliphatic heterocycles. The Balaban J connectivity index is 1.66. The van der Waals surface area contributed by atoms with Gasteiger partial charge in [0.05, 0.1) is 18.8 Å². The molecule has 0 aromatic heterocycles. The van der Waals surface area contributed by atoms with E-state index in [1.165, 1.54) is 11.6 Å². The number of amides is 1. The van der Waals surface area contributed by atoms with Gasteiger partial charge in [0.1, 0.15) is 5.82 Å². The minimum absolute atomic E-state index is 0.0144. The van der Waals surface area contributed by atoms with Crippen LogP contribution in [0.3, 0.4) is 0 Å². The number of halogens is 1. The van der Waals surface area contributed by atoms with Crippen LogP contribution < -0.4 is 4.90 Å². The fourth-order valence-corrected chi connectivity index (χ4v) is 3.00. The zero-order valence-electron chi connectivity index (χ0n) is 14.2. The molecule has 0 radical (unpaired) electrons. The number of nitrogens with zero attached hydrogens (tertiary/aromatic N) is 3. The largest absolute Gasteiger partial charge is 0.358 e. The van der Waals surface area contributed by atoms with Crippen LogP contribution in [0.25, 0.3) is 4.85 Å². The molecule has 1 amide bonds. The second-order valence-electron chi connectivity index (χ2n) is 6.15. The van der Waals surface area contributed by atoms with Gasteiger partial charge in [-0.3, -0.25) is 4.79 Å². The number of hydrogen-bond donors (Lipinski definition) is 0. The number of hydrogen-bond acceptors (Lipinski definition) is 2. The standard InChI is InChI=1S/C20H20FN3O/c1-3-15-4-6-16(7-5-15)13-24-11-10-23(14-20(24)25)19-9-8-17(22-2)12-18(19)21/h4-9,12H,3,10-11,13-14H2,1H3. The average molecular weight is 337 g/mol. The highest BCUT2D eigenvalue weighted by molar-refractivity contribution is 5.83. The second-order valence-corrected chi connectivity index (χ2v) is 6.15. The molecule has 1 heterocycles. The van der Waals surface area contributed by atoms with E-state index < -0.39 is 5.82 Å². The van der Waals surface area contributed by atoms with Crippen molar-refractivity contribution in [3.8, 4) is 0 Å². The fourth-order valence-electron chi connectivity index (χ4n) is 3.00. The smallest absolute Gasteiger partial charge is 0.242 e. The van der Waals surface area contributed by atoms with Crippen molar-refractivity contribution < 1.29 is 9.18 Å². The first-order valence-electron chi connectivity index (χ1n) is 8.38. The van der Waals surface area contributed by atoms with Crippen molar-refractivity contribution in [3.05, 3.63) is 70.8 Å². The average Bonchev–Trinajstić information content (AvgIpc) is 2.64. The maximum Gasteiger partial charge on any atom is 0.242 e. The Morgan fingerprint density at radius 2 is 1.84 bits per heavy atom. The lowest BCUT2D eigenvalue weighted by Gasteiger charge is -2.36. The summed E-state index contributed by atoms with van der Waals surface area (Å²) in [6.45, 7) is 10.9. The lowest BCUT2D eigenvalue weighted by molar-refractivity contribution is -0.131.